The number of hydrogen-bond acceptors (Lipinski definition) is 4. The Morgan fingerprint density at radius 1 is 1.38 bits per heavy atom. The molecule has 144 valence electrons. The molecule has 1 fully saturated rings. The molecule has 0 aromatic carbocycles. The Kier molecular flexibility index (Phi) is 5.04. The molecule has 5 atom stereocenters. The Bertz CT molecular complexity index is 663. The Hall–Kier alpha value is -1.62. The van der Waals surface area contributed by atoms with Crippen molar-refractivity contribution >= 4 is 11.9 Å². The van der Waals surface area contributed by atoms with Crippen LogP contribution in [0, 0.1) is 22.7 Å². The first kappa shape index (κ1) is 19.2. The minimum Gasteiger partial charge on any atom is -0.478 e. The van der Waals surface area contributed by atoms with Gasteiger partial charge in [0.15, 0.2) is 0 Å². The zero-order chi connectivity index (χ0) is 19.1. The monoisotopic (exact) mass is 362 g/mol. The molecule has 0 bridgehead atoms. The first-order chi connectivity index (χ1) is 12.2. The number of esters is 1. The van der Waals surface area contributed by atoms with E-state index in [2.05, 4.69) is 20.8 Å². The van der Waals surface area contributed by atoms with Gasteiger partial charge < -0.3 is 14.6 Å². The average Bonchev–Trinajstić information content (AvgIpc) is 2.96. The van der Waals surface area contributed by atoms with Gasteiger partial charge in [-0.1, -0.05) is 26.8 Å². The van der Waals surface area contributed by atoms with Crippen LogP contribution in [0.25, 0.3) is 0 Å². The van der Waals surface area contributed by atoms with E-state index in [9.17, 15) is 14.7 Å². The lowest BCUT2D eigenvalue weighted by atomic mass is 9.46. The van der Waals surface area contributed by atoms with E-state index in [0.29, 0.717) is 29.4 Å². The molecular formula is C21H30O5. The first-order valence-electron chi connectivity index (χ1n) is 9.61. The maximum Gasteiger partial charge on any atom is 0.336 e. The van der Waals surface area contributed by atoms with Gasteiger partial charge in [0.25, 0.3) is 0 Å². The lowest BCUT2D eigenvalue weighted by molar-refractivity contribution is -0.155. The fourth-order valence-corrected chi connectivity index (χ4v) is 5.59. The molecule has 1 aliphatic heterocycles. The summed E-state index contributed by atoms with van der Waals surface area (Å²) < 4.78 is 10.3. The first-order valence-corrected chi connectivity index (χ1v) is 9.61. The highest BCUT2D eigenvalue weighted by Gasteiger charge is 2.55. The Morgan fingerprint density at radius 3 is 2.73 bits per heavy atom. The Labute approximate surface area is 155 Å². The number of cyclic esters (lactones) is 1. The fourth-order valence-electron chi connectivity index (χ4n) is 5.59. The highest BCUT2D eigenvalue weighted by Crippen LogP contribution is 2.62. The molecule has 0 spiro atoms. The van der Waals surface area contributed by atoms with Crippen molar-refractivity contribution in [3.05, 3.63) is 23.3 Å². The van der Waals surface area contributed by atoms with Gasteiger partial charge in [-0.3, -0.25) is 0 Å². The Morgan fingerprint density at radius 2 is 2.12 bits per heavy atom. The van der Waals surface area contributed by atoms with Gasteiger partial charge in [-0.2, -0.15) is 0 Å². The number of carboxylic acids is 1. The van der Waals surface area contributed by atoms with Crippen LogP contribution in [-0.4, -0.2) is 30.4 Å². The molecule has 0 unspecified atom stereocenters. The molecule has 0 radical (unpaired) electrons. The number of fused-ring (bicyclic) bond motifs is 1. The van der Waals surface area contributed by atoms with E-state index in [-0.39, 0.29) is 16.8 Å². The number of allylic oxidation sites excluding steroid dienone is 1. The molecule has 5 nitrogen and oxygen atoms in total. The van der Waals surface area contributed by atoms with E-state index in [1.54, 1.807) is 6.08 Å². The minimum absolute atomic E-state index is 0.00572. The number of carbonyl (C=O) groups is 2. The molecule has 0 aromatic heterocycles. The standard InChI is InChI=1S/C21H30O5/c1-13-8-10-21(3)15(18(22)23)6-5-7-16(21)20(13,2)11-9-14-12-17(25-4)26-19(14)24/h6,12-13,16-17H,5,7-11H2,1-4H3,(H,22,23)/t13-,16-,17+,20+,21-/m1/s1. The van der Waals surface area contributed by atoms with E-state index >= 15 is 0 Å². The lowest BCUT2D eigenvalue weighted by Crippen LogP contribution is -2.51. The number of rotatable bonds is 5. The summed E-state index contributed by atoms with van der Waals surface area (Å²) in [5.74, 6) is -0.267. The summed E-state index contributed by atoms with van der Waals surface area (Å²) >= 11 is 0. The second-order valence-electron chi connectivity index (χ2n) is 8.62. The SMILES string of the molecule is CO[C@@H]1C=C(CC[C@@]2(C)[C@H](C)CC[C@]3(C)C(C(=O)O)=CCC[C@H]23)C(=O)O1. The van der Waals surface area contributed by atoms with Crippen LogP contribution in [0.5, 0.6) is 0 Å². The van der Waals surface area contributed by atoms with Crippen molar-refractivity contribution in [3.63, 3.8) is 0 Å². The molecule has 3 aliphatic rings. The lowest BCUT2D eigenvalue weighted by Gasteiger charge is -2.57. The van der Waals surface area contributed by atoms with Crippen LogP contribution in [0.2, 0.25) is 0 Å². The van der Waals surface area contributed by atoms with Gasteiger partial charge in [0.2, 0.25) is 6.29 Å². The number of ether oxygens (including phenoxy) is 2. The molecule has 1 saturated carbocycles. The van der Waals surface area contributed by atoms with Crippen LogP contribution in [-0.2, 0) is 19.1 Å². The average molecular weight is 362 g/mol. The third-order valence-corrected chi connectivity index (χ3v) is 7.43. The maximum atomic E-state index is 12.0. The summed E-state index contributed by atoms with van der Waals surface area (Å²) in [4.78, 5) is 23.9. The normalized spacial score (nSPS) is 39.7. The quantitative estimate of drug-likeness (QED) is 0.746. The smallest absolute Gasteiger partial charge is 0.336 e. The zero-order valence-electron chi connectivity index (χ0n) is 16.2. The van der Waals surface area contributed by atoms with Gasteiger partial charge in [0, 0.05) is 23.7 Å². The van der Waals surface area contributed by atoms with Crippen LogP contribution in [0.4, 0.5) is 0 Å². The second kappa shape index (κ2) is 6.84. The van der Waals surface area contributed by atoms with E-state index in [1.165, 1.54) is 7.11 Å². The van der Waals surface area contributed by atoms with Gasteiger partial charge in [-0.25, -0.2) is 9.59 Å². The van der Waals surface area contributed by atoms with E-state index in [4.69, 9.17) is 9.47 Å². The summed E-state index contributed by atoms with van der Waals surface area (Å²) in [6.07, 6.45) is 8.39. The topological polar surface area (TPSA) is 72.8 Å². The van der Waals surface area contributed by atoms with Crippen molar-refractivity contribution in [3.8, 4) is 0 Å². The van der Waals surface area contributed by atoms with Gasteiger partial charge in [-0.15, -0.1) is 0 Å². The summed E-state index contributed by atoms with van der Waals surface area (Å²) in [7, 11) is 1.52. The molecule has 26 heavy (non-hydrogen) atoms. The van der Waals surface area contributed by atoms with Crippen molar-refractivity contribution in [2.24, 2.45) is 22.7 Å². The molecule has 0 saturated heterocycles. The Balaban J connectivity index is 1.84. The third kappa shape index (κ3) is 3.00. The molecular weight excluding hydrogens is 332 g/mol. The van der Waals surface area contributed by atoms with E-state index in [1.807, 2.05) is 6.08 Å². The van der Waals surface area contributed by atoms with Crippen LogP contribution in [0.3, 0.4) is 0 Å². The number of aliphatic carboxylic acids is 1. The zero-order valence-corrected chi connectivity index (χ0v) is 16.2. The van der Waals surface area contributed by atoms with Gasteiger partial charge >= 0.3 is 11.9 Å². The van der Waals surface area contributed by atoms with Gasteiger partial charge in [-0.05, 0) is 61.9 Å². The highest BCUT2D eigenvalue weighted by molar-refractivity contribution is 5.90. The van der Waals surface area contributed by atoms with Crippen molar-refractivity contribution in [1.82, 2.24) is 0 Å². The second-order valence-corrected chi connectivity index (χ2v) is 8.62. The molecule has 2 aliphatic carbocycles. The predicted molar refractivity (Wildman–Crippen MR) is 97.3 cm³/mol. The van der Waals surface area contributed by atoms with Crippen molar-refractivity contribution < 1.29 is 24.2 Å². The molecule has 3 rings (SSSR count). The molecule has 0 amide bonds. The van der Waals surface area contributed by atoms with Crippen molar-refractivity contribution in [2.75, 3.05) is 7.11 Å². The summed E-state index contributed by atoms with van der Waals surface area (Å²) in [6, 6.07) is 0. The highest BCUT2D eigenvalue weighted by atomic mass is 16.7. The van der Waals surface area contributed by atoms with Gasteiger partial charge in [0.1, 0.15) is 0 Å². The number of hydrogen-bond donors (Lipinski definition) is 1. The summed E-state index contributed by atoms with van der Waals surface area (Å²) in [5.41, 5.74) is 0.979. The number of carbonyl (C=O) groups excluding carboxylic acids is 1. The molecule has 1 N–H and O–H groups in total. The van der Waals surface area contributed by atoms with Crippen LogP contribution >= 0.6 is 0 Å². The number of methoxy groups -OCH3 is 1. The minimum atomic E-state index is -0.779. The van der Waals surface area contributed by atoms with Gasteiger partial charge in [0.05, 0.1) is 0 Å². The van der Waals surface area contributed by atoms with Crippen molar-refractivity contribution in [2.45, 2.75) is 65.6 Å². The van der Waals surface area contributed by atoms with E-state index < -0.39 is 12.3 Å². The van der Waals surface area contributed by atoms with Crippen LogP contribution in [0.15, 0.2) is 23.3 Å². The molecule has 0 aromatic rings. The largest absolute Gasteiger partial charge is 0.478 e. The van der Waals surface area contributed by atoms with Crippen LogP contribution < -0.4 is 0 Å². The van der Waals surface area contributed by atoms with Crippen molar-refractivity contribution in [1.29, 1.82) is 0 Å². The number of carboxylic acid groups (broad SMARTS) is 1. The summed E-state index contributed by atoms with van der Waals surface area (Å²) in [5, 5.41) is 9.72. The fraction of sp³-hybridized carbons (Fsp3) is 0.714. The van der Waals surface area contributed by atoms with Crippen LogP contribution in [0.1, 0.15) is 59.3 Å². The molecule has 1 heterocycles. The molecule has 5 heteroatoms. The maximum absolute atomic E-state index is 12.0. The predicted octanol–water partition coefficient (Wildman–Crippen LogP) is 4.09. The third-order valence-electron chi connectivity index (χ3n) is 7.43. The van der Waals surface area contributed by atoms with E-state index in [0.717, 1.165) is 32.1 Å². The summed E-state index contributed by atoms with van der Waals surface area (Å²) in [6.45, 7) is 6.70.